The van der Waals surface area contributed by atoms with Crippen LogP contribution in [0.2, 0.25) is 0 Å². The van der Waals surface area contributed by atoms with Gasteiger partial charge in [0.1, 0.15) is 17.2 Å². The number of phenolic OH excluding ortho intramolecular Hbond substituents is 1. The van der Waals surface area contributed by atoms with E-state index in [1.807, 2.05) is 6.07 Å². The summed E-state index contributed by atoms with van der Waals surface area (Å²) in [5.41, 5.74) is 1.19. The Kier molecular flexibility index (Phi) is 4.25. The van der Waals surface area contributed by atoms with Gasteiger partial charge < -0.3 is 14.6 Å². The number of para-hydroxylation sites is 3. The van der Waals surface area contributed by atoms with Gasteiger partial charge in [0.25, 0.3) is 0 Å². The summed E-state index contributed by atoms with van der Waals surface area (Å²) < 4.78 is 10.4. The molecule has 23 heavy (non-hydrogen) atoms. The zero-order chi connectivity index (χ0) is 16.1. The zero-order valence-corrected chi connectivity index (χ0v) is 12.2. The molecule has 0 spiro atoms. The maximum absolute atomic E-state index is 11.9. The third kappa shape index (κ3) is 3.49. The molecule has 3 aromatic rings. The highest BCUT2D eigenvalue weighted by Gasteiger charge is 2.14. The number of rotatable bonds is 3. The minimum atomic E-state index is -0.834. The van der Waals surface area contributed by atoms with Gasteiger partial charge in [-0.15, -0.1) is 0 Å². The molecule has 4 heteroatoms. The summed E-state index contributed by atoms with van der Waals surface area (Å²) in [7, 11) is 0. The summed E-state index contributed by atoms with van der Waals surface area (Å²) >= 11 is 0. The van der Waals surface area contributed by atoms with Gasteiger partial charge in [-0.05, 0) is 24.3 Å². The van der Waals surface area contributed by atoms with Crippen LogP contribution in [0.5, 0.6) is 17.2 Å². The Bertz CT molecular complexity index is 812. The SMILES string of the molecule is O=C(Oc1ccccc1)Oc1ccccc1-c1ccccc1O. The smallest absolute Gasteiger partial charge is 0.507 e. The first-order valence-corrected chi connectivity index (χ1v) is 7.06. The van der Waals surface area contributed by atoms with Gasteiger partial charge in [-0.3, -0.25) is 0 Å². The molecule has 0 atom stereocenters. The molecule has 4 nitrogen and oxygen atoms in total. The molecule has 0 amide bonds. The predicted octanol–water partition coefficient (Wildman–Crippen LogP) is 4.64. The van der Waals surface area contributed by atoms with E-state index in [1.54, 1.807) is 72.8 Å². The van der Waals surface area contributed by atoms with Crippen molar-refractivity contribution in [3.63, 3.8) is 0 Å². The van der Waals surface area contributed by atoms with Gasteiger partial charge >= 0.3 is 6.16 Å². The van der Waals surface area contributed by atoms with Gasteiger partial charge in [0.15, 0.2) is 0 Å². The van der Waals surface area contributed by atoms with E-state index in [2.05, 4.69) is 0 Å². The van der Waals surface area contributed by atoms with Gasteiger partial charge in [0.05, 0.1) is 0 Å². The largest absolute Gasteiger partial charge is 0.519 e. The second-order valence-corrected chi connectivity index (χ2v) is 4.78. The fraction of sp³-hybridized carbons (Fsp3) is 0. The van der Waals surface area contributed by atoms with Crippen molar-refractivity contribution < 1.29 is 19.4 Å². The summed E-state index contributed by atoms with van der Waals surface area (Å²) in [5, 5.41) is 9.99. The zero-order valence-electron chi connectivity index (χ0n) is 12.2. The van der Waals surface area contributed by atoms with E-state index in [4.69, 9.17) is 9.47 Å². The molecule has 0 radical (unpaired) electrons. The van der Waals surface area contributed by atoms with E-state index >= 15 is 0 Å². The summed E-state index contributed by atoms with van der Waals surface area (Å²) in [6.45, 7) is 0. The molecular weight excluding hydrogens is 292 g/mol. The molecule has 0 saturated carbocycles. The van der Waals surface area contributed by atoms with Crippen molar-refractivity contribution in [2.45, 2.75) is 0 Å². The molecule has 1 N–H and O–H groups in total. The molecule has 3 aromatic carbocycles. The number of hydrogen-bond acceptors (Lipinski definition) is 4. The van der Waals surface area contributed by atoms with Crippen LogP contribution >= 0.6 is 0 Å². The lowest BCUT2D eigenvalue weighted by Gasteiger charge is -2.11. The second-order valence-electron chi connectivity index (χ2n) is 4.78. The Morgan fingerprint density at radius 2 is 1.30 bits per heavy atom. The van der Waals surface area contributed by atoms with Crippen LogP contribution in [0, 0.1) is 0 Å². The fourth-order valence-corrected chi connectivity index (χ4v) is 2.17. The van der Waals surface area contributed by atoms with Crippen LogP contribution in [-0.4, -0.2) is 11.3 Å². The molecule has 0 aromatic heterocycles. The first-order chi connectivity index (χ1) is 11.2. The highest BCUT2D eigenvalue weighted by atomic mass is 16.7. The molecular formula is C19H14O4. The van der Waals surface area contributed by atoms with E-state index in [1.165, 1.54) is 0 Å². The van der Waals surface area contributed by atoms with Crippen molar-refractivity contribution in [2.75, 3.05) is 0 Å². The molecule has 0 aliphatic rings. The quantitative estimate of drug-likeness (QED) is 0.566. The van der Waals surface area contributed by atoms with E-state index in [0.29, 0.717) is 22.6 Å². The minimum absolute atomic E-state index is 0.111. The lowest BCUT2D eigenvalue weighted by molar-refractivity contribution is 0.152. The van der Waals surface area contributed by atoms with Crippen LogP contribution in [0.4, 0.5) is 4.79 Å². The molecule has 0 heterocycles. The molecule has 0 unspecified atom stereocenters. The first kappa shape index (κ1) is 14.7. The summed E-state index contributed by atoms with van der Waals surface area (Å²) in [4.78, 5) is 11.9. The number of carbonyl (C=O) groups is 1. The highest BCUT2D eigenvalue weighted by molar-refractivity contribution is 5.78. The van der Waals surface area contributed by atoms with Crippen molar-refractivity contribution in [3.8, 4) is 28.4 Å². The Morgan fingerprint density at radius 1 is 0.696 bits per heavy atom. The third-order valence-corrected chi connectivity index (χ3v) is 3.22. The molecule has 0 fully saturated rings. The van der Waals surface area contributed by atoms with E-state index in [-0.39, 0.29) is 5.75 Å². The van der Waals surface area contributed by atoms with E-state index in [0.717, 1.165) is 0 Å². The molecule has 0 saturated heterocycles. The molecule has 0 aliphatic heterocycles. The van der Waals surface area contributed by atoms with Gasteiger partial charge in [0.2, 0.25) is 0 Å². The number of aromatic hydroxyl groups is 1. The molecule has 114 valence electrons. The average molecular weight is 306 g/mol. The van der Waals surface area contributed by atoms with Crippen LogP contribution in [0.1, 0.15) is 0 Å². The average Bonchev–Trinajstić information content (AvgIpc) is 2.57. The van der Waals surface area contributed by atoms with Gasteiger partial charge in [-0.2, -0.15) is 0 Å². The van der Waals surface area contributed by atoms with Crippen LogP contribution in [0.15, 0.2) is 78.9 Å². The standard InChI is InChI=1S/C19H14O4/c20-17-12-6-4-10-15(17)16-11-5-7-13-18(16)23-19(21)22-14-8-2-1-3-9-14/h1-13,20H. The Hall–Kier alpha value is -3.27. The van der Waals surface area contributed by atoms with Crippen molar-refractivity contribution in [2.24, 2.45) is 0 Å². The molecule has 0 bridgehead atoms. The fourth-order valence-electron chi connectivity index (χ4n) is 2.17. The molecule has 0 aliphatic carbocycles. The normalized spacial score (nSPS) is 10.1. The first-order valence-electron chi connectivity index (χ1n) is 7.06. The lowest BCUT2D eigenvalue weighted by Crippen LogP contribution is -2.14. The number of carbonyl (C=O) groups excluding carboxylic acids is 1. The lowest BCUT2D eigenvalue weighted by atomic mass is 10.0. The topological polar surface area (TPSA) is 55.8 Å². The summed E-state index contributed by atoms with van der Waals surface area (Å²) in [5.74, 6) is 0.826. The maximum atomic E-state index is 11.9. The third-order valence-electron chi connectivity index (χ3n) is 3.22. The van der Waals surface area contributed by atoms with Crippen LogP contribution in [0.3, 0.4) is 0 Å². The van der Waals surface area contributed by atoms with Gasteiger partial charge in [0, 0.05) is 11.1 Å². The Balaban J connectivity index is 1.84. The number of phenols is 1. The van der Waals surface area contributed by atoms with E-state index in [9.17, 15) is 9.90 Å². The van der Waals surface area contributed by atoms with Crippen molar-refractivity contribution in [3.05, 3.63) is 78.9 Å². The van der Waals surface area contributed by atoms with Crippen molar-refractivity contribution in [1.82, 2.24) is 0 Å². The van der Waals surface area contributed by atoms with E-state index < -0.39 is 6.16 Å². The summed E-state index contributed by atoms with van der Waals surface area (Å²) in [6, 6.07) is 22.5. The van der Waals surface area contributed by atoms with Crippen LogP contribution in [-0.2, 0) is 0 Å². The Labute approximate surface area is 133 Å². The number of benzene rings is 3. The maximum Gasteiger partial charge on any atom is 0.519 e. The van der Waals surface area contributed by atoms with Gasteiger partial charge in [-0.25, -0.2) is 4.79 Å². The predicted molar refractivity (Wildman–Crippen MR) is 86.6 cm³/mol. The minimum Gasteiger partial charge on any atom is -0.507 e. The number of hydrogen-bond donors (Lipinski definition) is 1. The second kappa shape index (κ2) is 6.66. The van der Waals surface area contributed by atoms with Crippen LogP contribution in [0.25, 0.3) is 11.1 Å². The van der Waals surface area contributed by atoms with Crippen molar-refractivity contribution >= 4 is 6.16 Å². The molecule has 3 rings (SSSR count). The van der Waals surface area contributed by atoms with Gasteiger partial charge in [-0.1, -0.05) is 54.6 Å². The van der Waals surface area contributed by atoms with Crippen LogP contribution < -0.4 is 9.47 Å². The highest BCUT2D eigenvalue weighted by Crippen LogP contribution is 2.35. The van der Waals surface area contributed by atoms with Crippen molar-refractivity contribution in [1.29, 1.82) is 0 Å². The Morgan fingerprint density at radius 3 is 2.04 bits per heavy atom. The number of ether oxygens (including phenoxy) is 2. The monoisotopic (exact) mass is 306 g/mol. The summed E-state index contributed by atoms with van der Waals surface area (Å²) in [6.07, 6.45) is -0.834.